The van der Waals surface area contributed by atoms with Gasteiger partial charge in [-0.15, -0.1) is 12.6 Å². The fourth-order valence-corrected chi connectivity index (χ4v) is 3.48. The van der Waals surface area contributed by atoms with E-state index in [0.717, 1.165) is 42.8 Å². The molecule has 2 nitrogen and oxygen atoms in total. The maximum atomic E-state index is 8.26. The summed E-state index contributed by atoms with van der Waals surface area (Å²) in [6, 6.07) is 11.9. The van der Waals surface area contributed by atoms with Crippen LogP contribution >= 0.6 is 12.6 Å². The summed E-state index contributed by atoms with van der Waals surface area (Å²) in [4.78, 5) is 0.965. The highest BCUT2D eigenvalue weighted by atomic mass is 32.1. The second-order valence-corrected chi connectivity index (χ2v) is 5.63. The van der Waals surface area contributed by atoms with Gasteiger partial charge < -0.3 is 0 Å². The van der Waals surface area contributed by atoms with Crippen molar-refractivity contribution in [2.45, 2.75) is 11.8 Å². The minimum Gasteiger partial charge on any atom is -0.298 e. The van der Waals surface area contributed by atoms with E-state index in [1.165, 1.54) is 0 Å². The van der Waals surface area contributed by atoms with Crippen LogP contribution in [0, 0.1) is 17.7 Å². The van der Waals surface area contributed by atoms with E-state index in [4.69, 9.17) is 10.8 Å². The fraction of sp³-hybridized carbons (Fsp3) is 0.0588. The minimum atomic E-state index is 0.298. The predicted octanol–water partition coefficient (Wildman–Crippen LogP) is 3.58. The van der Waals surface area contributed by atoms with Crippen LogP contribution in [-0.2, 0) is 0 Å². The number of hydrogen-bond acceptors (Lipinski definition) is 3. The van der Waals surface area contributed by atoms with Gasteiger partial charge in [0.05, 0.1) is 10.7 Å². The Balaban J connectivity index is 2.62. The summed E-state index contributed by atoms with van der Waals surface area (Å²) in [6.45, 7) is 2.07. The molecule has 0 unspecified atom stereocenters. The topological polar surface area (TPSA) is 47.7 Å². The van der Waals surface area contributed by atoms with Crippen molar-refractivity contribution < 1.29 is 0 Å². The van der Waals surface area contributed by atoms with Gasteiger partial charge in [0, 0.05) is 21.1 Å². The molecule has 0 aromatic heterocycles. The smallest absolute Gasteiger partial charge is 0.0874 e. The highest BCUT2D eigenvalue weighted by molar-refractivity contribution is 7.80. The first-order chi connectivity index (χ1) is 9.61. The molecule has 0 heterocycles. The monoisotopic (exact) mass is 276 g/mol. The summed E-state index contributed by atoms with van der Waals surface area (Å²) >= 11 is 4.67. The molecule has 0 fully saturated rings. The Labute approximate surface area is 120 Å². The molecule has 20 heavy (non-hydrogen) atoms. The molecule has 0 aliphatic rings. The summed E-state index contributed by atoms with van der Waals surface area (Å²) in [5, 5.41) is 23.2. The normalized spacial score (nSPS) is 11.9. The second kappa shape index (κ2) is 3.70. The van der Waals surface area contributed by atoms with E-state index in [0.29, 0.717) is 10.7 Å². The van der Waals surface area contributed by atoms with Crippen LogP contribution in [0.2, 0.25) is 0 Å². The Hall–Kier alpha value is -2.13. The number of benzene rings is 4. The molecule has 4 aromatic rings. The van der Waals surface area contributed by atoms with Crippen LogP contribution in [0.25, 0.3) is 32.3 Å². The third kappa shape index (κ3) is 1.21. The Morgan fingerprint density at radius 3 is 1.80 bits per heavy atom. The van der Waals surface area contributed by atoms with Crippen molar-refractivity contribution in [1.82, 2.24) is 0 Å². The second-order valence-electron chi connectivity index (χ2n) is 5.18. The molecule has 0 saturated carbocycles. The summed E-state index contributed by atoms with van der Waals surface area (Å²) in [5.41, 5.74) is 1.14. The van der Waals surface area contributed by atoms with E-state index < -0.39 is 0 Å². The van der Waals surface area contributed by atoms with Crippen molar-refractivity contribution in [2.75, 3.05) is 0 Å². The predicted molar refractivity (Wildman–Crippen MR) is 85.0 cm³/mol. The van der Waals surface area contributed by atoms with Crippen LogP contribution in [0.5, 0.6) is 0 Å². The molecular weight excluding hydrogens is 264 g/mol. The first kappa shape index (κ1) is 11.7. The van der Waals surface area contributed by atoms with Gasteiger partial charge >= 0.3 is 0 Å². The maximum Gasteiger partial charge on any atom is 0.0874 e. The molecule has 4 aromatic carbocycles. The van der Waals surface area contributed by atoms with Gasteiger partial charge in [-0.1, -0.05) is 36.4 Å². The molecule has 4 rings (SSSR count). The molecule has 0 bridgehead atoms. The molecule has 0 atom stereocenters. The largest absolute Gasteiger partial charge is 0.298 e. The lowest BCUT2D eigenvalue weighted by molar-refractivity contribution is 1.18. The lowest BCUT2D eigenvalue weighted by Crippen LogP contribution is -2.24. The zero-order valence-electron chi connectivity index (χ0n) is 10.9. The summed E-state index contributed by atoms with van der Waals surface area (Å²) < 4.78 is 0. The van der Waals surface area contributed by atoms with Gasteiger partial charge in [-0.25, -0.2) is 0 Å². The Morgan fingerprint density at radius 2 is 1.20 bits per heavy atom. The molecule has 3 heteroatoms. The molecule has 96 valence electrons. The highest BCUT2D eigenvalue weighted by Gasteiger charge is 2.15. The van der Waals surface area contributed by atoms with E-state index in [1.54, 1.807) is 0 Å². The molecule has 2 N–H and O–H groups in total. The molecule has 0 spiro atoms. The molecule has 0 aliphatic carbocycles. The van der Waals surface area contributed by atoms with Crippen LogP contribution in [0.3, 0.4) is 0 Å². The summed E-state index contributed by atoms with van der Waals surface area (Å²) in [7, 11) is 0. The van der Waals surface area contributed by atoms with Gasteiger partial charge in [0.1, 0.15) is 0 Å². The lowest BCUT2D eigenvalue weighted by atomic mass is 9.91. The first-order valence-electron chi connectivity index (χ1n) is 6.46. The van der Waals surface area contributed by atoms with E-state index in [9.17, 15) is 0 Å². The Bertz CT molecular complexity index is 1010. The number of nitrogens with one attached hydrogen (secondary N) is 2. The average molecular weight is 276 g/mol. The zero-order chi connectivity index (χ0) is 14.0. The molecule has 0 aliphatic heterocycles. The van der Waals surface area contributed by atoms with E-state index in [2.05, 4.69) is 25.6 Å². The number of aryl methyl sites for hydroxylation is 1. The van der Waals surface area contributed by atoms with Gasteiger partial charge in [-0.2, -0.15) is 0 Å². The van der Waals surface area contributed by atoms with Crippen molar-refractivity contribution in [3.63, 3.8) is 0 Å². The molecule has 0 saturated heterocycles. The molecular formula is C17H12N2S. The van der Waals surface area contributed by atoms with Gasteiger partial charge in [0.25, 0.3) is 0 Å². The van der Waals surface area contributed by atoms with Crippen molar-refractivity contribution in [3.8, 4) is 0 Å². The van der Waals surface area contributed by atoms with Crippen molar-refractivity contribution in [2.24, 2.45) is 0 Å². The van der Waals surface area contributed by atoms with Gasteiger partial charge in [0.2, 0.25) is 0 Å². The zero-order valence-corrected chi connectivity index (χ0v) is 11.8. The first-order valence-corrected chi connectivity index (χ1v) is 6.91. The van der Waals surface area contributed by atoms with Crippen LogP contribution in [0.4, 0.5) is 0 Å². The van der Waals surface area contributed by atoms with Crippen molar-refractivity contribution in [1.29, 1.82) is 10.8 Å². The fourth-order valence-electron chi connectivity index (χ4n) is 3.17. The van der Waals surface area contributed by atoms with Crippen LogP contribution in [-0.4, -0.2) is 0 Å². The van der Waals surface area contributed by atoms with Gasteiger partial charge in [0.15, 0.2) is 0 Å². The number of hydrogen-bond donors (Lipinski definition) is 3. The third-order valence-corrected chi connectivity index (χ3v) is 4.76. The standard InChI is InChI=1S/C17H12N2S/c1-8-9-4-2-5-10-13(9)14-11(16(19)15(10)18)6-3-7-12(14)17(8)20/h2-7,18-20H,1H3. The highest BCUT2D eigenvalue weighted by Crippen LogP contribution is 2.37. The minimum absolute atomic E-state index is 0.298. The molecule has 0 radical (unpaired) electrons. The number of thiol groups is 1. The van der Waals surface area contributed by atoms with Crippen LogP contribution in [0.15, 0.2) is 41.3 Å². The summed E-state index contributed by atoms with van der Waals surface area (Å²) in [5.74, 6) is 0. The van der Waals surface area contributed by atoms with Gasteiger partial charge in [-0.3, -0.25) is 10.8 Å². The maximum absolute atomic E-state index is 8.26. The quantitative estimate of drug-likeness (QED) is 0.325. The SMILES string of the molecule is Cc1c(S)c2cccc3c(=N)c(=N)c4cccc1c4c23. The Morgan fingerprint density at radius 1 is 0.750 bits per heavy atom. The van der Waals surface area contributed by atoms with E-state index >= 15 is 0 Å². The van der Waals surface area contributed by atoms with Crippen molar-refractivity contribution >= 4 is 44.9 Å². The van der Waals surface area contributed by atoms with Crippen LogP contribution < -0.4 is 10.7 Å². The van der Waals surface area contributed by atoms with E-state index in [1.807, 2.05) is 30.3 Å². The Kier molecular flexibility index (Phi) is 2.16. The van der Waals surface area contributed by atoms with Crippen LogP contribution in [0.1, 0.15) is 5.56 Å². The average Bonchev–Trinajstić information content (AvgIpc) is 2.48. The number of rotatable bonds is 0. The lowest BCUT2D eigenvalue weighted by Gasteiger charge is -2.15. The van der Waals surface area contributed by atoms with Gasteiger partial charge in [-0.05, 0) is 28.6 Å². The van der Waals surface area contributed by atoms with E-state index in [-0.39, 0.29) is 0 Å². The molecule has 0 amide bonds. The third-order valence-electron chi connectivity index (χ3n) is 4.18. The van der Waals surface area contributed by atoms with Crippen molar-refractivity contribution in [3.05, 3.63) is 52.7 Å². The summed E-state index contributed by atoms with van der Waals surface area (Å²) in [6.07, 6.45) is 0.